The monoisotopic (exact) mass is 816 g/mol. The van der Waals surface area contributed by atoms with Crippen LogP contribution in [0.15, 0.2) is 24.3 Å². The van der Waals surface area contributed by atoms with Gasteiger partial charge in [-0.2, -0.15) is 0 Å². The number of allylic oxidation sites excluding steroid dienone is 3. The third-order valence-corrected chi connectivity index (χ3v) is 12.4. The van der Waals surface area contributed by atoms with Crippen molar-refractivity contribution in [1.29, 1.82) is 0 Å². The number of amides is 1. The molecule has 2 atom stereocenters. The van der Waals surface area contributed by atoms with E-state index in [4.69, 9.17) is 0 Å². The van der Waals surface area contributed by atoms with E-state index in [2.05, 4.69) is 31.3 Å². The molecular formula is C54H105NO3. The van der Waals surface area contributed by atoms with Gasteiger partial charge in [-0.3, -0.25) is 4.79 Å². The minimum atomic E-state index is -0.858. The van der Waals surface area contributed by atoms with Crippen LogP contribution in [0.3, 0.4) is 0 Å². The molecule has 0 rings (SSSR count). The Morgan fingerprint density at radius 3 is 1.00 bits per heavy atom. The fraction of sp³-hybridized carbons (Fsp3) is 0.907. The van der Waals surface area contributed by atoms with Gasteiger partial charge in [0.1, 0.15) is 0 Å². The Hall–Kier alpha value is -1.13. The molecule has 0 saturated carbocycles. The number of aliphatic hydroxyl groups is 2. The lowest BCUT2D eigenvalue weighted by Gasteiger charge is -2.19. The van der Waals surface area contributed by atoms with Crippen LogP contribution in [0.1, 0.15) is 296 Å². The summed E-state index contributed by atoms with van der Waals surface area (Å²) < 4.78 is 0. The highest BCUT2D eigenvalue weighted by molar-refractivity contribution is 5.76. The van der Waals surface area contributed by atoms with Crippen molar-refractivity contribution < 1.29 is 15.0 Å². The fourth-order valence-corrected chi connectivity index (χ4v) is 8.37. The molecule has 0 heterocycles. The van der Waals surface area contributed by atoms with Crippen LogP contribution in [0.2, 0.25) is 0 Å². The first-order valence-corrected chi connectivity index (χ1v) is 26.6. The van der Waals surface area contributed by atoms with Gasteiger partial charge < -0.3 is 15.5 Å². The summed E-state index contributed by atoms with van der Waals surface area (Å²) in [5.74, 6) is -0.0689. The molecular weight excluding hydrogens is 711 g/mol. The van der Waals surface area contributed by atoms with Gasteiger partial charge in [0, 0.05) is 6.42 Å². The van der Waals surface area contributed by atoms with Crippen molar-refractivity contribution in [2.75, 3.05) is 6.61 Å². The quantitative estimate of drug-likeness (QED) is 0.0423. The summed E-state index contributed by atoms with van der Waals surface area (Å²) in [4.78, 5) is 12.4. The Morgan fingerprint density at radius 2 is 0.672 bits per heavy atom. The van der Waals surface area contributed by atoms with Crippen molar-refractivity contribution >= 4 is 5.91 Å². The van der Waals surface area contributed by atoms with E-state index in [1.54, 1.807) is 6.08 Å². The van der Waals surface area contributed by atoms with E-state index in [9.17, 15) is 15.0 Å². The van der Waals surface area contributed by atoms with Crippen LogP contribution in [-0.2, 0) is 4.79 Å². The average molecular weight is 816 g/mol. The molecule has 0 aromatic heterocycles. The Kier molecular flexibility index (Phi) is 49.2. The molecule has 4 nitrogen and oxygen atoms in total. The molecule has 0 saturated heterocycles. The van der Waals surface area contributed by atoms with Gasteiger partial charge >= 0.3 is 0 Å². The van der Waals surface area contributed by atoms with E-state index in [1.807, 2.05) is 6.08 Å². The lowest BCUT2D eigenvalue weighted by Crippen LogP contribution is -2.45. The zero-order valence-electron chi connectivity index (χ0n) is 39.6. The summed E-state index contributed by atoms with van der Waals surface area (Å²) in [5, 5.41) is 23.0. The fourth-order valence-electron chi connectivity index (χ4n) is 8.37. The van der Waals surface area contributed by atoms with E-state index in [1.165, 1.54) is 244 Å². The number of hydrogen-bond acceptors (Lipinski definition) is 3. The van der Waals surface area contributed by atoms with Gasteiger partial charge in [0.15, 0.2) is 0 Å². The largest absolute Gasteiger partial charge is 0.394 e. The van der Waals surface area contributed by atoms with Crippen molar-refractivity contribution in [3.05, 3.63) is 24.3 Å². The number of rotatable bonds is 49. The standard InChI is InChI=1S/C54H105NO3/c1-3-5-7-9-11-13-15-17-18-19-20-21-22-23-24-25-26-27-28-29-30-31-32-33-34-35-36-38-40-42-44-46-48-50-54(58)55-52(51-56)53(57)49-47-45-43-41-39-37-16-14-12-10-8-6-4-2/h39,41,47,49,52-53,56-57H,3-38,40,42-46,48,50-51H2,1-2H3,(H,55,58)/b41-39+,49-47+. The third-order valence-electron chi connectivity index (χ3n) is 12.4. The zero-order valence-corrected chi connectivity index (χ0v) is 39.6. The Labute approximate surface area is 364 Å². The Morgan fingerprint density at radius 1 is 0.397 bits per heavy atom. The van der Waals surface area contributed by atoms with E-state index >= 15 is 0 Å². The molecule has 0 aromatic rings. The van der Waals surface area contributed by atoms with Gasteiger partial charge in [0.2, 0.25) is 5.91 Å². The van der Waals surface area contributed by atoms with Crippen LogP contribution in [0.4, 0.5) is 0 Å². The van der Waals surface area contributed by atoms with Gasteiger partial charge in [0.05, 0.1) is 18.8 Å². The minimum absolute atomic E-state index is 0.0689. The first-order valence-electron chi connectivity index (χ1n) is 26.6. The molecule has 58 heavy (non-hydrogen) atoms. The predicted molar refractivity (Wildman–Crippen MR) is 258 cm³/mol. The second-order valence-corrected chi connectivity index (χ2v) is 18.3. The van der Waals surface area contributed by atoms with Gasteiger partial charge in [-0.15, -0.1) is 0 Å². The lowest BCUT2D eigenvalue weighted by molar-refractivity contribution is -0.123. The van der Waals surface area contributed by atoms with Crippen LogP contribution >= 0.6 is 0 Å². The summed E-state index contributed by atoms with van der Waals surface area (Å²) in [5.41, 5.74) is 0. The van der Waals surface area contributed by atoms with Crippen LogP contribution in [-0.4, -0.2) is 34.9 Å². The number of hydrogen-bond donors (Lipinski definition) is 3. The molecule has 0 aromatic carbocycles. The summed E-state index contributed by atoms with van der Waals surface area (Å²) in [6.07, 6.45) is 66.3. The molecule has 2 unspecified atom stereocenters. The maximum atomic E-state index is 12.4. The number of carbonyl (C=O) groups is 1. The van der Waals surface area contributed by atoms with Crippen LogP contribution in [0.5, 0.6) is 0 Å². The van der Waals surface area contributed by atoms with Crippen molar-refractivity contribution in [2.24, 2.45) is 0 Å². The van der Waals surface area contributed by atoms with Gasteiger partial charge in [-0.25, -0.2) is 0 Å². The molecule has 1 amide bonds. The van der Waals surface area contributed by atoms with Crippen molar-refractivity contribution in [2.45, 2.75) is 309 Å². The first kappa shape index (κ1) is 56.9. The molecule has 0 aliphatic carbocycles. The molecule has 0 bridgehead atoms. The minimum Gasteiger partial charge on any atom is -0.394 e. The smallest absolute Gasteiger partial charge is 0.220 e. The summed E-state index contributed by atoms with van der Waals surface area (Å²) in [7, 11) is 0. The first-order chi connectivity index (χ1) is 28.7. The van der Waals surface area contributed by atoms with E-state index in [0.29, 0.717) is 6.42 Å². The zero-order chi connectivity index (χ0) is 42.1. The van der Waals surface area contributed by atoms with Crippen molar-refractivity contribution in [3.63, 3.8) is 0 Å². The summed E-state index contributed by atoms with van der Waals surface area (Å²) in [6.45, 7) is 4.31. The molecule has 0 aliphatic rings. The van der Waals surface area contributed by atoms with Gasteiger partial charge in [-0.05, 0) is 32.1 Å². The molecule has 0 spiro atoms. The number of aliphatic hydroxyl groups excluding tert-OH is 2. The maximum Gasteiger partial charge on any atom is 0.220 e. The SMILES string of the molecule is CCCCCCCCC/C=C/CC/C=C/C(O)C(CO)NC(=O)CCCCCCCCCCCCCCCCCCCCCCCCCCCCCCCCCCC. The van der Waals surface area contributed by atoms with E-state index in [0.717, 1.165) is 32.1 Å². The second kappa shape index (κ2) is 50.2. The van der Waals surface area contributed by atoms with Gasteiger partial charge in [-0.1, -0.05) is 282 Å². The number of nitrogens with one attached hydrogen (secondary N) is 1. The van der Waals surface area contributed by atoms with Gasteiger partial charge in [0.25, 0.3) is 0 Å². The molecule has 0 fully saturated rings. The van der Waals surface area contributed by atoms with Crippen molar-refractivity contribution in [3.8, 4) is 0 Å². The van der Waals surface area contributed by atoms with E-state index < -0.39 is 12.1 Å². The van der Waals surface area contributed by atoms with E-state index in [-0.39, 0.29) is 12.5 Å². The van der Waals surface area contributed by atoms with Crippen LogP contribution in [0.25, 0.3) is 0 Å². The Bertz CT molecular complexity index is 840. The average Bonchev–Trinajstić information content (AvgIpc) is 3.23. The molecule has 3 N–H and O–H groups in total. The summed E-state index contributed by atoms with van der Waals surface area (Å²) in [6, 6.07) is -0.634. The highest BCUT2D eigenvalue weighted by atomic mass is 16.3. The molecule has 4 heteroatoms. The molecule has 0 aliphatic heterocycles. The normalized spacial score (nSPS) is 13.0. The number of unbranched alkanes of at least 4 members (excludes halogenated alkanes) is 40. The Balaban J connectivity index is 3.40. The summed E-state index contributed by atoms with van der Waals surface area (Å²) >= 11 is 0. The second-order valence-electron chi connectivity index (χ2n) is 18.3. The topological polar surface area (TPSA) is 69.6 Å². The predicted octanol–water partition coefficient (Wildman–Crippen LogP) is 17.1. The maximum absolute atomic E-state index is 12.4. The van der Waals surface area contributed by atoms with Crippen molar-refractivity contribution in [1.82, 2.24) is 5.32 Å². The highest BCUT2D eigenvalue weighted by Gasteiger charge is 2.18. The number of carbonyl (C=O) groups excluding carboxylic acids is 1. The highest BCUT2D eigenvalue weighted by Crippen LogP contribution is 2.17. The van der Waals surface area contributed by atoms with Crippen LogP contribution < -0.4 is 5.32 Å². The lowest BCUT2D eigenvalue weighted by atomic mass is 10.0. The molecule has 344 valence electrons. The molecule has 0 radical (unpaired) electrons. The van der Waals surface area contributed by atoms with Crippen LogP contribution in [0, 0.1) is 0 Å². The third kappa shape index (κ3) is 45.9.